The van der Waals surface area contributed by atoms with E-state index in [1.807, 2.05) is 0 Å². The van der Waals surface area contributed by atoms with Crippen LogP contribution in [0.1, 0.15) is 16.7 Å². The van der Waals surface area contributed by atoms with E-state index in [0.717, 1.165) is 6.07 Å². The maximum Gasteiger partial charge on any atom is 0.283 e. The molecule has 152 valence electrons. The molecule has 1 unspecified atom stereocenters. The maximum absolute atomic E-state index is 13.0. The van der Waals surface area contributed by atoms with Crippen molar-refractivity contribution < 1.29 is 23.2 Å². The molecule has 1 atom stereocenters. The van der Waals surface area contributed by atoms with E-state index in [0.29, 0.717) is 0 Å². The zero-order chi connectivity index (χ0) is 21.6. The number of benzene rings is 3. The summed E-state index contributed by atoms with van der Waals surface area (Å²) in [6, 6.07) is 11.2. The van der Waals surface area contributed by atoms with Gasteiger partial charge in [-0.05, 0) is 48.0 Å². The minimum atomic E-state index is -5.07. The Labute approximate surface area is 186 Å². The van der Waals surface area contributed by atoms with Crippen LogP contribution in [0.5, 0.6) is 11.5 Å². The van der Waals surface area contributed by atoms with Crippen molar-refractivity contribution in [2.75, 3.05) is 0 Å². The molecule has 29 heavy (non-hydrogen) atoms. The molecule has 10 heteroatoms. The van der Waals surface area contributed by atoms with Gasteiger partial charge in [0.1, 0.15) is 11.5 Å². The number of aromatic hydroxyl groups is 2. The van der Waals surface area contributed by atoms with Crippen molar-refractivity contribution in [2.24, 2.45) is 0 Å². The average molecular weight is 494 g/mol. The Balaban J connectivity index is 2.63. The highest BCUT2D eigenvalue weighted by atomic mass is 35.5. The van der Waals surface area contributed by atoms with Gasteiger partial charge in [0.15, 0.2) is 4.75 Å². The topological polar surface area (TPSA) is 94.8 Å². The highest BCUT2D eigenvalue weighted by molar-refractivity contribution is 7.87. The van der Waals surface area contributed by atoms with Crippen molar-refractivity contribution in [1.82, 2.24) is 0 Å². The monoisotopic (exact) mass is 492 g/mol. The molecule has 0 aliphatic rings. The summed E-state index contributed by atoms with van der Waals surface area (Å²) in [5.74, 6) is -0.448. The van der Waals surface area contributed by atoms with Gasteiger partial charge in [-0.1, -0.05) is 58.5 Å². The zero-order valence-electron chi connectivity index (χ0n) is 14.3. The van der Waals surface area contributed by atoms with Crippen LogP contribution >= 0.6 is 46.4 Å². The second-order valence-corrected chi connectivity index (χ2v) is 9.31. The lowest BCUT2D eigenvalue weighted by molar-refractivity contribution is 0.455. The average Bonchev–Trinajstić information content (AvgIpc) is 2.62. The largest absolute Gasteiger partial charge is 0.508 e. The molecular weight excluding hydrogens is 482 g/mol. The van der Waals surface area contributed by atoms with E-state index in [4.69, 9.17) is 46.4 Å². The molecule has 0 amide bonds. The van der Waals surface area contributed by atoms with E-state index in [1.54, 1.807) is 0 Å². The quantitative estimate of drug-likeness (QED) is 0.239. The first-order valence-corrected chi connectivity index (χ1v) is 10.8. The van der Waals surface area contributed by atoms with Crippen LogP contribution in [-0.2, 0) is 14.9 Å². The molecule has 5 nitrogen and oxygen atoms in total. The number of halogens is 4. The summed E-state index contributed by atoms with van der Waals surface area (Å²) in [5, 5.41) is 19.4. The van der Waals surface area contributed by atoms with Gasteiger partial charge in [-0.15, -0.1) is 0 Å². The summed E-state index contributed by atoms with van der Waals surface area (Å²) in [6.07, 6.45) is 0. The number of rotatable bonds is 4. The van der Waals surface area contributed by atoms with Gasteiger partial charge in [-0.2, -0.15) is 8.42 Å². The summed E-state index contributed by atoms with van der Waals surface area (Å²) in [4.78, 5) is 0. The lowest BCUT2D eigenvalue weighted by atomic mass is 9.83. The fourth-order valence-corrected chi connectivity index (χ4v) is 5.61. The second-order valence-electron chi connectivity index (χ2n) is 6.12. The van der Waals surface area contributed by atoms with Gasteiger partial charge in [0, 0.05) is 21.2 Å². The van der Waals surface area contributed by atoms with Gasteiger partial charge in [-0.3, -0.25) is 4.55 Å². The molecule has 3 N–H and O–H groups in total. The van der Waals surface area contributed by atoms with E-state index in [-0.39, 0.29) is 48.3 Å². The smallest absolute Gasteiger partial charge is 0.283 e. The summed E-state index contributed by atoms with van der Waals surface area (Å²) >= 11 is 24.9. The van der Waals surface area contributed by atoms with Crippen molar-refractivity contribution in [2.45, 2.75) is 4.75 Å². The molecule has 0 saturated carbocycles. The molecule has 0 spiro atoms. The molecule has 0 radical (unpaired) electrons. The Kier molecular flexibility index (Phi) is 5.98. The molecular formula is C19H12Cl4O5S. The fourth-order valence-electron chi connectivity index (χ4n) is 3.17. The van der Waals surface area contributed by atoms with Crippen LogP contribution < -0.4 is 0 Å². The zero-order valence-corrected chi connectivity index (χ0v) is 18.1. The Morgan fingerprint density at radius 1 is 0.724 bits per heavy atom. The van der Waals surface area contributed by atoms with Crippen molar-refractivity contribution in [3.8, 4) is 11.5 Å². The highest BCUT2D eigenvalue weighted by Gasteiger charge is 2.51. The lowest BCUT2D eigenvalue weighted by Gasteiger charge is -2.34. The number of phenolic OH excluding ortho intramolecular Hbond substituents is 2. The van der Waals surface area contributed by atoms with Gasteiger partial charge in [0.25, 0.3) is 10.1 Å². The Morgan fingerprint density at radius 2 is 1.31 bits per heavy atom. The van der Waals surface area contributed by atoms with Crippen LogP contribution in [0.15, 0.2) is 54.6 Å². The van der Waals surface area contributed by atoms with E-state index in [2.05, 4.69) is 0 Å². The van der Waals surface area contributed by atoms with Crippen LogP contribution in [0.2, 0.25) is 20.1 Å². The number of hydrogen-bond acceptors (Lipinski definition) is 4. The van der Waals surface area contributed by atoms with Crippen LogP contribution in [-0.4, -0.2) is 23.2 Å². The van der Waals surface area contributed by atoms with Crippen molar-refractivity contribution in [3.05, 3.63) is 91.4 Å². The SMILES string of the molecule is O=S(=O)(O)C(c1ccc(O)cc1)(c1cc(O)ccc1Cl)c1cc(Cl)cc(Cl)c1Cl. The maximum atomic E-state index is 13.0. The molecule has 0 aromatic heterocycles. The van der Waals surface area contributed by atoms with E-state index in [9.17, 15) is 23.2 Å². The minimum Gasteiger partial charge on any atom is -0.508 e. The predicted molar refractivity (Wildman–Crippen MR) is 114 cm³/mol. The fraction of sp³-hybridized carbons (Fsp3) is 0.0526. The summed E-state index contributed by atoms with van der Waals surface area (Å²) in [6.45, 7) is 0. The van der Waals surface area contributed by atoms with Gasteiger partial charge in [-0.25, -0.2) is 0 Å². The number of hydrogen-bond donors (Lipinski definition) is 3. The van der Waals surface area contributed by atoms with Crippen molar-refractivity contribution in [3.63, 3.8) is 0 Å². The molecule has 0 aliphatic heterocycles. The van der Waals surface area contributed by atoms with Crippen molar-refractivity contribution >= 4 is 56.5 Å². The molecule has 0 aliphatic carbocycles. The molecule has 3 aromatic carbocycles. The summed E-state index contributed by atoms with van der Waals surface area (Å²) in [5.41, 5.74) is -0.393. The van der Waals surface area contributed by atoms with Crippen LogP contribution in [0.3, 0.4) is 0 Å². The van der Waals surface area contributed by atoms with Crippen LogP contribution in [0.25, 0.3) is 0 Å². The minimum absolute atomic E-state index is 0.0227. The third-order valence-corrected chi connectivity index (χ3v) is 7.16. The van der Waals surface area contributed by atoms with Crippen LogP contribution in [0, 0.1) is 0 Å². The highest BCUT2D eigenvalue weighted by Crippen LogP contribution is 2.51. The van der Waals surface area contributed by atoms with Crippen molar-refractivity contribution in [1.29, 1.82) is 0 Å². The first-order chi connectivity index (χ1) is 13.5. The van der Waals surface area contributed by atoms with Gasteiger partial charge in [0.05, 0.1) is 10.0 Å². The normalized spacial score (nSPS) is 13.8. The first-order valence-electron chi connectivity index (χ1n) is 7.89. The number of phenols is 2. The Bertz CT molecular complexity index is 1200. The summed E-state index contributed by atoms with van der Waals surface area (Å²) in [7, 11) is -5.07. The van der Waals surface area contributed by atoms with Crippen LogP contribution in [0.4, 0.5) is 0 Å². The van der Waals surface area contributed by atoms with E-state index >= 15 is 0 Å². The molecule has 0 saturated heterocycles. The molecule has 3 rings (SSSR count). The van der Waals surface area contributed by atoms with E-state index in [1.165, 1.54) is 48.5 Å². The lowest BCUT2D eigenvalue weighted by Crippen LogP contribution is -2.39. The second kappa shape index (κ2) is 7.87. The molecule has 3 aromatic rings. The van der Waals surface area contributed by atoms with E-state index < -0.39 is 14.9 Å². The first kappa shape index (κ1) is 22.0. The Morgan fingerprint density at radius 3 is 1.90 bits per heavy atom. The summed E-state index contributed by atoms with van der Waals surface area (Å²) < 4.78 is 34.1. The van der Waals surface area contributed by atoms with Gasteiger partial charge < -0.3 is 10.2 Å². The molecule has 0 heterocycles. The Hall–Kier alpha value is -1.67. The standard InChI is InChI=1S/C19H12Cl4O5S/c20-11-7-15(18(23)17(22)8-11)19(29(26,27)28,10-1-3-12(24)4-2-10)14-9-13(25)5-6-16(14)21/h1-9,24-25H,(H,26,27,28). The molecule has 0 fully saturated rings. The third-order valence-electron chi connectivity index (χ3n) is 4.36. The molecule has 0 bridgehead atoms. The third kappa shape index (κ3) is 3.77. The van der Waals surface area contributed by atoms with Gasteiger partial charge in [0.2, 0.25) is 0 Å². The van der Waals surface area contributed by atoms with Gasteiger partial charge >= 0.3 is 0 Å². The predicted octanol–water partition coefficient (Wildman–Crippen LogP) is 5.89.